The molecule has 1 aliphatic heterocycles. The smallest absolute Gasteiger partial charge is 0.311 e. The van der Waals surface area contributed by atoms with Crippen LogP contribution in [0.15, 0.2) is 18.2 Å². The summed E-state index contributed by atoms with van der Waals surface area (Å²) in [5.41, 5.74) is -0.175. The second-order valence-electron chi connectivity index (χ2n) is 5.56. The lowest BCUT2D eigenvalue weighted by Crippen LogP contribution is -2.42. The number of nitro groups is 1. The molecule has 9 heteroatoms. The number of benzene rings is 1. The number of methoxy groups -OCH3 is 2. The molecule has 1 heterocycles. The number of likely N-dealkylation sites (tertiary alicyclic amines) is 1. The van der Waals surface area contributed by atoms with E-state index in [0.29, 0.717) is 31.7 Å². The second-order valence-corrected chi connectivity index (χ2v) is 5.56. The van der Waals surface area contributed by atoms with Gasteiger partial charge in [0.25, 0.3) is 5.91 Å². The van der Waals surface area contributed by atoms with Crippen LogP contribution in [0.3, 0.4) is 0 Å². The normalized spacial score (nSPS) is 14.7. The maximum absolute atomic E-state index is 12.2. The lowest BCUT2D eigenvalue weighted by Gasteiger charge is -2.30. The molecule has 1 fully saturated rings. The Bertz CT molecular complexity index is 654. The fourth-order valence-electron chi connectivity index (χ4n) is 2.67. The molecule has 0 atom stereocenters. The minimum atomic E-state index is -0.556. The number of esters is 1. The molecule has 0 N–H and O–H groups in total. The van der Waals surface area contributed by atoms with Gasteiger partial charge in [-0.05, 0) is 18.9 Å². The highest BCUT2D eigenvalue weighted by atomic mass is 16.6. The Morgan fingerprint density at radius 2 is 1.96 bits per heavy atom. The van der Waals surface area contributed by atoms with Gasteiger partial charge in [-0.15, -0.1) is 0 Å². The number of hydrogen-bond donors (Lipinski definition) is 0. The summed E-state index contributed by atoms with van der Waals surface area (Å²) in [5.74, 6) is -0.259. The van der Waals surface area contributed by atoms with Crippen LogP contribution in [-0.2, 0) is 14.3 Å². The van der Waals surface area contributed by atoms with Crippen molar-refractivity contribution >= 4 is 17.6 Å². The van der Waals surface area contributed by atoms with Gasteiger partial charge in [0.2, 0.25) is 5.75 Å². The second kappa shape index (κ2) is 8.32. The topological polar surface area (TPSA) is 108 Å². The number of piperidine rings is 1. The van der Waals surface area contributed by atoms with Crippen molar-refractivity contribution < 1.29 is 28.7 Å². The third kappa shape index (κ3) is 4.59. The molecule has 1 aromatic rings. The molecule has 25 heavy (non-hydrogen) atoms. The molecular weight excluding hydrogens is 332 g/mol. The summed E-state index contributed by atoms with van der Waals surface area (Å²) < 4.78 is 15.1. The molecule has 0 spiro atoms. The van der Waals surface area contributed by atoms with Crippen LogP contribution in [0.25, 0.3) is 0 Å². The number of carbonyl (C=O) groups excluding carboxylic acids is 2. The molecular formula is C16H20N2O7. The van der Waals surface area contributed by atoms with Gasteiger partial charge in [-0.25, -0.2) is 0 Å². The zero-order chi connectivity index (χ0) is 18.4. The molecule has 2 rings (SSSR count). The lowest BCUT2D eigenvalue weighted by molar-refractivity contribution is -0.385. The highest BCUT2D eigenvalue weighted by molar-refractivity contribution is 5.78. The summed E-state index contributed by atoms with van der Waals surface area (Å²) in [4.78, 5) is 35.6. The van der Waals surface area contributed by atoms with Crippen molar-refractivity contribution in [3.63, 3.8) is 0 Å². The summed E-state index contributed by atoms with van der Waals surface area (Å²) in [6, 6.07) is 4.05. The predicted octanol–water partition coefficient (Wildman–Crippen LogP) is 1.39. The van der Waals surface area contributed by atoms with E-state index in [9.17, 15) is 19.7 Å². The average Bonchev–Trinajstić information content (AvgIpc) is 2.65. The van der Waals surface area contributed by atoms with Crippen molar-refractivity contribution in [2.24, 2.45) is 5.92 Å². The minimum absolute atomic E-state index is 0.0637. The van der Waals surface area contributed by atoms with Gasteiger partial charge < -0.3 is 19.1 Å². The monoisotopic (exact) mass is 352 g/mol. The molecule has 1 saturated heterocycles. The Labute approximate surface area is 144 Å². The van der Waals surface area contributed by atoms with E-state index >= 15 is 0 Å². The van der Waals surface area contributed by atoms with Crippen molar-refractivity contribution in [3.8, 4) is 11.5 Å². The van der Waals surface area contributed by atoms with E-state index in [-0.39, 0.29) is 35.8 Å². The highest BCUT2D eigenvalue weighted by Gasteiger charge is 2.28. The Kier molecular flexibility index (Phi) is 6.15. The molecule has 0 bridgehead atoms. The molecule has 0 aromatic heterocycles. The Morgan fingerprint density at radius 3 is 2.52 bits per heavy atom. The third-order valence-corrected chi connectivity index (χ3v) is 4.09. The standard InChI is InChI=1S/C16H20N2O7/c1-23-14-9-12(3-4-13(14)18(21)22)25-10-15(19)17-7-5-11(6-8-17)16(20)24-2/h3-4,9,11H,5-8,10H2,1-2H3. The van der Waals surface area contributed by atoms with Gasteiger partial charge in [0.05, 0.1) is 25.1 Å². The third-order valence-electron chi connectivity index (χ3n) is 4.09. The number of hydrogen-bond acceptors (Lipinski definition) is 7. The van der Waals surface area contributed by atoms with Crippen molar-refractivity contribution in [1.82, 2.24) is 4.90 Å². The van der Waals surface area contributed by atoms with Crippen LogP contribution in [0.5, 0.6) is 11.5 Å². The molecule has 1 aliphatic rings. The van der Waals surface area contributed by atoms with Crippen LogP contribution in [0.1, 0.15) is 12.8 Å². The van der Waals surface area contributed by atoms with Gasteiger partial charge in [-0.3, -0.25) is 19.7 Å². The summed E-state index contributed by atoms with van der Waals surface area (Å²) in [6.07, 6.45) is 1.12. The molecule has 1 aromatic carbocycles. The zero-order valence-electron chi connectivity index (χ0n) is 14.1. The van der Waals surface area contributed by atoms with Crippen LogP contribution in [0.4, 0.5) is 5.69 Å². The Balaban J connectivity index is 1.88. The Hall–Kier alpha value is -2.84. The van der Waals surface area contributed by atoms with E-state index in [0.717, 1.165) is 0 Å². The summed E-state index contributed by atoms with van der Waals surface area (Å²) in [5, 5.41) is 10.9. The molecule has 9 nitrogen and oxygen atoms in total. The van der Waals surface area contributed by atoms with E-state index in [1.54, 1.807) is 4.90 Å². The van der Waals surface area contributed by atoms with E-state index in [1.165, 1.54) is 32.4 Å². The number of amides is 1. The van der Waals surface area contributed by atoms with E-state index in [4.69, 9.17) is 14.2 Å². The molecule has 136 valence electrons. The molecule has 0 saturated carbocycles. The van der Waals surface area contributed by atoms with Gasteiger partial charge in [0.15, 0.2) is 6.61 Å². The number of ether oxygens (including phenoxy) is 3. The van der Waals surface area contributed by atoms with Gasteiger partial charge >= 0.3 is 11.7 Å². The van der Waals surface area contributed by atoms with Crippen molar-refractivity contribution in [3.05, 3.63) is 28.3 Å². The van der Waals surface area contributed by atoms with Crippen LogP contribution in [0.2, 0.25) is 0 Å². The molecule has 0 aliphatic carbocycles. The number of nitrogens with zero attached hydrogens (tertiary/aromatic N) is 2. The van der Waals surface area contributed by atoms with Gasteiger partial charge in [-0.2, -0.15) is 0 Å². The first-order valence-electron chi connectivity index (χ1n) is 7.77. The average molecular weight is 352 g/mol. The van der Waals surface area contributed by atoms with Crippen LogP contribution < -0.4 is 9.47 Å². The summed E-state index contributed by atoms with van der Waals surface area (Å²) >= 11 is 0. The maximum Gasteiger partial charge on any atom is 0.311 e. The van der Waals surface area contributed by atoms with Gasteiger partial charge in [0.1, 0.15) is 5.75 Å². The quantitative estimate of drug-likeness (QED) is 0.432. The largest absolute Gasteiger partial charge is 0.490 e. The van der Waals surface area contributed by atoms with E-state index in [2.05, 4.69) is 0 Å². The van der Waals surface area contributed by atoms with Crippen LogP contribution in [-0.4, -0.2) is 55.6 Å². The molecule has 0 unspecified atom stereocenters. The first kappa shape index (κ1) is 18.5. The van der Waals surface area contributed by atoms with Crippen molar-refractivity contribution in [2.75, 3.05) is 33.9 Å². The number of rotatable bonds is 6. The van der Waals surface area contributed by atoms with Crippen molar-refractivity contribution in [1.29, 1.82) is 0 Å². The summed E-state index contributed by atoms with van der Waals surface area (Å²) in [6.45, 7) is 0.737. The van der Waals surface area contributed by atoms with Crippen LogP contribution >= 0.6 is 0 Å². The summed E-state index contributed by atoms with van der Waals surface area (Å²) in [7, 11) is 2.68. The van der Waals surface area contributed by atoms with Crippen LogP contribution in [0, 0.1) is 16.0 Å². The number of nitro benzene ring substituents is 1. The van der Waals surface area contributed by atoms with Gasteiger partial charge in [0, 0.05) is 25.2 Å². The lowest BCUT2D eigenvalue weighted by atomic mass is 9.97. The van der Waals surface area contributed by atoms with Gasteiger partial charge in [-0.1, -0.05) is 0 Å². The molecule has 1 amide bonds. The first-order valence-corrected chi connectivity index (χ1v) is 7.77. The van der Waals surface area contributed by atoms with E-state index in [1.807, 2.05) is 0 Å². The predicted molar refractivity (Wildman–Crippen MR) is 86.5 cm³/mol. The van der Waals surface area contributed by atoms with Crippen molar-refractivity contribution in [2.45, 2.75) is 12.8 Å². The SMILES string of the molecule is COC(=O)C1CCN(C(=O)COc2ccc([N+](=O)[O-])c(OC)c2)CC1. The first-order chi connectivity index (χ1) is 12.0. The highest BCUT2D eigenvalue weighted by Crippen LogP contribution is 2.30. The minimum Gasteiger partial charge on any atom is -0.490 e. The maximum atomic E-state index is 12.2. The fourth-order valence-corrected chi connectivity index (χ4v) is 2.67. The Morgan fingerprint density at radius 1 is 1.28 bits per heavy atom. The van der Waals surface area contributed by atoms with E-state index < -0.39 is 4.92 Å². The number of carbonyl (C=O) groups is 2. The zero-order valence-corrected chi connectivity index (χ0v) is 14.1. The fraction of sp³-hybridized carbons (Fsp3) is 0.500. The molecule has 0 radical (unpaired) electrons.